The molecule has 1 fully saturated rings. The van der Waals surface area contributed by atoms with Crippen molar-refractivity contribution in [1.29, 1.82) is 0 Å². The van der Waals surface area contributed by atoms with Gasteiger partial charge in [0, 0.05) is 10.6 Å². The van der Waals surface area contributed by atoms with Crippen molar-refractivity contribution in [3.63, 3.8) is 0 Å². The van der Waals surface area contributed by atoms with Crippen molar-refractivity contribution in [1.82, 2.24) is 0 Å². The number of Topliss-reactive ketones (excluding diaryl/α,β-unsaturated/α-hetero) is 1. The Balaban J connectivity index is 1.50. The number of rotatable bonds is 4. The van der Waals surface area contributed by atoms with Crippen LogP contribution in [0.5, 0.6) is 0 Å². The van der Waals surface area contributed by atoms with Crippen LogP contribution in [0.25, 0.3) is 11.1 Å². The standard InChI is InChI=1S/C21H15ClO2/c22-18-8-4-7-17(13-18)20-21(24-20)19(23)16-11-9-15(10-12-16)14-5-2-1-3-6-14/h1-13,20-21H/t20-,21-/m1/s1. The predicted octanol–water partition coefficient (Wildman–Crippen LogP) is 5.33. The largest absolute Gasteiger partial charge is 0.356 e. The molecule has 0 N–H and O–H groups in total. The minimum Gasteiger partial charge on any atom is -0.356 e. The maximum atomic E-state index is 12.6. The van der Waals surface area contributed by atoms with Gasteiger partial charge in [-0.3, -0.25) is 4.79 Å². The van der Waals surface area contributed by atoms with Crippen molar-refractivity contribution in [3.8, 4) is 11.1 Å². The zero-order valence-electron chi connectivity index (χ0n) is 12.9. The number of ether oxygens (including phenoxy) is 1. The van der Waals surface area contributed by atoms with Crippen molar-refractivity contribution in [2.45, 2.75) is 12.2 Å². The van der Waals surface area contributed by atoms with Crippen LogP contribution >= 0.6 is 11.6 Å². The molecule has 3 heteroatoms. The Kier molecular flexibility index (Phi) is 3.93. The van der Waals surface area contributed by atoms with Gasteiger partial charge in [-0.2, -0.15) is 0 Å². The number of ketones is 1. The Morgan fingerprint density at radius 2 is 1.54 bits per heavy atom. The molecule has 0 bridgehead atoms. The number of carbonyl (C=O) groups excluding carboxylic acids is 1. The molecular formula is C21H15ClO2. The second-order valence-corrected chi connectivity index (χ2v) is 6.28. The summed E-state index contributed by atoms with van der Waals surface area (Å²) in [4.78, 5) is 12.6. The summed E-state index contributed by atoms with van der Waals surface area (Å²) in [7, 11) is 0. The zero-order valence-corrected chi connectivity index (χ0v) is 13.6. The van der Waals surface area contributed by atoms with Gasteiger partial charge in [-0.1, -0.05) is 78.3 Å². The van der Waals surface area contributed by atoms with Gasteiger partial charge in [0.1, 0.15) is 6.10 Å². The smallest absolute Gasteiger partial charge is 0.194 e. The molecule has 1 aliphatic rings. The van der Waals surface area contributed by atoms with Crippen LogP contribution in [0.4, 0.5) is 0 Å². The summed E-state index contributed by atoms with van der Waals surface area (Å²) in [5.74, 6) is 0.0135. The Morgan fingerprint density at radius 1 is 0.833 bits per heavy atom. The summed E-state index contributed by atoms with van der Waals surface area (Å²) in [5.41, 5.74) is 3.84. The minimum atomic E-state index is -0.411. The fourth-order valence-corrected chi connectivity index (χ4v) is 3.07. The van der Waals surface area contributed by atoms with Crippen LogP contribution in [0.1, 0.15) is 22.0 Å². The maximum absolute atomic E-state index is 12.6. The van der Waals surface area contributed by atoms with Gasteiger partial charge in [0.15, 0.2) is 11.9 Å². The molecule has 1 heterocycles. The lowest BCUT2D eigenvalue weighted by Gasteiger charge is -2.03. The third-order valence-corrected chi connectivity index (χ3v) is 4.44. The van der Waals surface area contributed by atoms with E-state index < -0.39 is 6.10 Å². The summed E-state index contributed by atoms with van der Waals surface area (Å²) in [6.07, 6.45) is -0.601. The lowest BCUT2D eigenvalue weighted by molar-refractivity contribution is 0.0953. The number of halogens is 1. The van der Waals surface area contributed by atoms with Crippen LogP contribution in [-0.2, 0) is 4.74 Å². The fourth-order valence-electron chi connectivity index (χ4n) is 2.87. The Bertz CT molecular complexity index is 872. The van der Waals surface area contributed by atoms with E-state index in [1.165, 1.54) is 0 Å². The molecule has 0 aliphatic carbocycles. The van der Waals surface area contributed by atoms with Crippen LogP contribution in [0.15, 0.2) is 78.9 Å². The van der Waals surface area contributed by atoms with Gasteiger partial charge in [-0.15, -0.1) is 0 Å². The van der Waals surface area contributed by atoms with Crippen molar-refractivity contribution in [2.24, 2.45) is 0 Å². The SMILES string of the molecule is O=C(c1ccc(-c2ccccc2)cc1)[C@H]1O[C@@H]1c1cccc(Cl)c1. The lowest BCUT2D eigenvalue weighted by atomic mass is 9.99. The van der Waals surface area contributed by atoms with Crippen LogP contribution in [-0.4, -0.2) is 11.9 Å². The molecule has 118 valence electrons. The minimum absolute atomic E-state index is 0.0135. The van der Waals surface area contributed by atoms with E-state index in [1.807, 2.05) is 66.7 Å². The van der Waals surface area contributed by atoms with Crippen LogP contribution < -0.4 is 0 Å². The number of carbonyl (C=O) groups is 1. The van der Waals surface area contributed by atoms with E-state index >= 15 is 0 Å². The third-order valence-electron chi connectivity index (χ3n) is 4.20. The molecule has 0 spiro atoms. The average molecular weight is 335 g/mol. The van der Waals surface area contributed by atoms with E-state index in [0.29, 0.717) is 10.6 Å². The first-order chi connectivity index (χ1) is 11.7. The Hall–Kier alpha value is -2.42. The van der Waals surface area contributed by atoms with Gasteiger partial charge >= 0.3 is 0 Å². The number of benzene rings is 3. The first-order valence-corrected chi connectivity index (χ1v) is 8.21. The lowest BCUT2D eigenvalue weighted by Crippen LogP contribution is -2.08. The highest BCUT2D eigenvalue weighted by atomic mass is 35.5. The maximum Gasteiger partial charge on any atom is 0.194 e. The van der Waals surface area contributed by atoms with Crippen molar-refractivity contribution < 1.29 is 9.53 Å². The van der Waals surface area contributed by atoms with Crippen molar-refractivity contribution >= 4 is 17.4 Å². The molecule has 24 heavy (non-hydrogen) atoms. The van der Waals surface area contributed by atoms with E-state index in [2.05, 4.69) is 12.1 Å². The highest BCUT2D eigenvalue weighted by Gasteiger charge is 2.46. The van der Waals surface area contributed by atoms with Gasteiger partial charge in [-0.05, 0) is 28.8 Å². The number of hydrogen-bond acceptors (Lipinski definition) is 2. The molecule has 0 amide bonds. The first kappa shape index (κ1) is 15.1. The van der Waals surface area contributed by atoms with E-state index in [4.69, 9.17) is 16.3 Å². The molecule has 1 aliphatic heterocycles. The first-order valence-electron chi connectivity index (χ1n) is 7.83. The summed E-state index contributed by atoms with van der Waals surface area (Å²) in [6, 6.07) is 25.2. The molecule has 0 unspecified atom stereocenters. The molecule has 1 saturated heterocycles. The molecular weight excluding hydrogens is 320 g/mol. The van der Waals surface area contributed by atoms with Crippen molar-refractivity contribution in [3.05, 3.63) is 95.0 Å². The summed E-state index contributed by atoms with van der Waals surface area (Å²) < 4.78 is 5.58. The highest BCUT2D eigenvalue weighted by Crippen LogP contribution is 2.41. The van der Waals surface area contributed by atoms with E-state index in [-0.39, 0.29) is 11.9 Å². The molecule has 2 nitrogen and oxygen atoms in total. The second-order valence-electron chi connectivity index (χ2n) is 5.84. The fraction of sp³-hybridized carbons (Fsp3) is 0.0952. The molecule has 3 aromatic carbocycles. The topological polar surface area (TPSA) is 29.6 Å². The average Bonchev–Trinajstić information content (AvgIpc) is 3.43. The summed E-state index contributed by atoms with van der Waals surface area (Å²) in [6.45, 7) is 0. The summed E-state index contributed by atoms with van der Waals surface area (Å²) >= 11 is 6.00. The van der Waals surface area contributed by atoms with Gasteiger partial charge < -0.3 is 4.74 Å². The number of hydrogen-bond donors (Lipinski definition) is 0. The van der Waals surface area contributed by atoms with Gasteiger partial charge in [0.2, 0.25) is 0 Å². The van der Waals surface area contributed by atoms with Crippen LogP contribution in [0, 0.1) is 0 Å². The molecule has 0 saturated carbocycles. The van der Waals surface area contributed by atoms with E-state index in [1.54, 1.807) is 0 Å². The Morgan fingerprint density at radius 3 is 2.25 bits per heavy atom. The normalized spacial score (nSPS) is 19.0. The predicted molar refractivity (Wildman–Crippen MR) is 95.3 cm³/mol. The quantitative estimate of drug-likeness (QED) is 0.476. The van der Waals surface area contributed by atoms with Crippen LogP contribution in [0.2, 0.25) is 5.02 Å². The third kappa shape index (κ3) is 2.99. The van der Waals surface area contributed by atoms with E-state index in [0.717, 1.165) is 16.7 Å². The molecule has 0 radical (unpaired) electrons. The van der Waals surface area contributed by atoms with Gasteiger partial charge in [0.05, 0.1) is 0 Å². The molecule has 2 atom stereocenters. The second kappa shape index (κ2) is 6.23. The van der Waals surface area contributed by atoms with Gasteiger partial charge in [-0.25, -0.2) is 0 Å². The Labute approximate surface area is 145 Å². The van der Waals surface area contributed by atoms with Crippen LogP contribution in [0.3, 0.4) is 0 Å². The number of epoxide rings is 1. The highest BCUT2D eigenvalue weighted by molar-refractivity contribution is 6.30. The van der Waals surface area contributed by atoms with Gasteiger partial charge in [0.25, 0.3) is 0 Å². The van der Waals surface area contributed by atoms with E-state index in [9.17, 15) is 4.79 Å². The molecule has 0 aromatic heterocycles. The summed E-state index contributed by atoms with van der Waals surface area (Å²) in [5, 5.41) is 0.654. The monoisotopic (exact) mass is 334 g/mol. The molecule has 4 rings (SSSR count). The molecule has 3 aromatic rings. The van der Waals surface area contributed by atoms with Crippen molar-refractivity contribution in [2.75, 3.05) is 0 Å². The zero-order chi connectivity index (χ0) is 16.5.